The maximum absolute atomic E-state index is 11.6. The van der Waals surface area contributed by atoms with Crippen LogP contribution in [-0.4, -0.2) is 37.6 Å². The van der Waals surface area contributed by atoms with Gasteiger partial charge in [0.1, 0.15) is 0 Å². The molecule has 0 bridgehead atoms. The van der Waals surface area contributed by atoms with Gasteiger partial charge >= 0.3 is 0 Å². The van der Waals surface area contributed by atoms with Crippen molar-refractivity contribution in [3.63, 3.8) is 0 Å². The van der Waals surface area contributed by atoms with E-state index >= 15 is 0 Å². The van der Waals surface area contributed by atoms with Gasteiger partial charge in [0.25, 0.3) is 0 Å². The van der Waals surface area contributed by atoms with Crippen molar-refractivity contribution < 1.29 is 9.28 Å². The summed E-state index contributed by atoms with van der Waals surface area (Å²) < 4.78 is 1.01. The third kappa shape index (κ3) is 2.36. The number of nitrogens with two attached hydrogens (primary N) is 1. The van der Waals surface area contributed by atoms with Crippen LogP contribution < -0.4 is 5.73 Å². The second-order valence-electron chi connectivity index (χ2n) is 8.39. The van der Waals surface area contributed by atoms with Crippen molar-refractivity contribution in [2.75, 3.05) is 21.1 Å². The van der Waals surface area contributed by atoms with E-state index in [2.05, 4.69) is 40.2 Å². The summed E-state index contributed by atoms with van der Waals surface area (Å²) in [5.74, 6) is 0.379. The van der Waals surface area contributed by atoms with E-state index in [-0.39, 0.29) is 11.3 Å². The molecule has 0 spiro atoms. The van der Waals surface area contributed by atoms with Gasteiger partial charge in [0.05, 0.1) is 27.2 Å². The van der Waals surface area contributed by atoms with Crippen molar-refractivity contribution in [2.45, 2.75) is 50.5 Å². The summed E-state index contributed by atoms with van der Waals surface area (Å²) in [6, 6.07) is 6.79. The molecule has 1 fully saturated rings. The average Bonchev–Trinajstić information content (AvgIpc) is 2.44. The van der Waals surface area contributed by atoms with E-state index in [1.165, 1.54) is 36.8 Å². The van der Waals surface area contributed by atoms with Crippen LogP contribution in [0.5, 0.6) is 0 Å². The lowest BCUT2D eigenvalue weighted by Crippen LogP contribution is -2.59. The van der Waals surface area contributed by atoms with Crippen LogP contribution in [0.15, 0.2) is 18.2 Å². The van der Waals surface area contributed by atoms with Gasteiger partial charge in [-0.25, -0.2) is 0 Å². The molecule has 1 aromatic carbocycles. The van der Waals surface area contributed by atoms with E-state index in [1.54, 1.807) is 0 Å². The first-order chi connectivity index (χ1) is 10.2. The van der Waals surface area contributed by atoms with Crippen LogP contribution in [0.25, 0.3) is 0 Å². The van der Waals surface area contributed by atoms with Gasteiger partial charge in [-0.2, -0.15) is 0 Å². The van der Waals surface area contributed by atoms with Crippen molar-refractivity contribution in [3.8, 4) is 0 Å². The standard InChI is InChI=1S/C19H28N2O/c1-19-10-6-5-7-15(19)17(21(2,3)4)12-13-8-9-14(18(20)22)11-16(13)19/h8-9,11,15,17H,5-7,10,12H2,1-4H3,(H-,20,22)/p+1/t15?,17-,19?/m1/s1. The largest absolute Gasteiger partial charge is 0.366 e. The van der Waals surface area contributed by atoms with E-state index in [0.717, 1.165) is 10.9 Å². The van der Waals surface area contributed by atoms with Crippen LogP contribution in [0.3, 0.4) is 0 Å². The lowest BCUT2D eigenvalue weighted by molar-refractivity contribution is -0.901. The zero-order valence-corrected chi connectivity index (χ0v) is 14.4. The molecule has 3 heteroatoms. The maximum Gasteiger partial charge on any atom is 0.248 e. The Kier molecular flexibility index (Phi) is 3.59. The summed E-state index contributed by atoms with van der Waals surface area (Å²) in [6.07, 6.45) is 6.26. The number of rotatable bonds is 2. The first-order valence-electron chi connectivity index (χ1n) is 8.48. The van der Waals surface area contributed by atoms with Gasteiger partial charge in [-0.05, 0) is 36.1 Å². The lowest BCUT2D eigenvalue weighted by atomic mass is 9.56. The van der Waals surface area contributed by atoms with Crippen LogP contribution in [0.1, 0.15) is 54.1 Å². The molecule has 0 heterocycles. The first-order valence-corrected chi connectivity index (χ1v) is 8.48. The van der Waals surface area contributed by atoms with Gasteiger partial charge in [0.15, 0.2) is 0 Å². The molecule has 0 radical (unpaired) electrons. The van der Waals surface area contributed by atoms with Crippen molar-refractivity contribution in [1.29, 1.82) is 0 Å². The van der Waals surface area contributed by atoms with Crippen LogP contribution in [-0.2, 0) is 11.8 Å². The van der Waals surface area contributed by atoms with E-state index in [9.17, 15) is 4.79 Å². The van der Waals surface area contributed by atoms with Gasteiger partial charge in [-0.15, -0.1) is 0 Å². The Bertz CT molecular complexity index is 602. The smallest absolute Gasteiger partial charge is 0.248 e. The Morgan fingerprint density at radius 3 is 2.64 bits per heavy atom. The number of hydrogen-bond acceptors (Lipinski definition) is 1. The van der Waals surface area contributed by atoms with E-state index < -0.39 is 0 Å². The van der Waals surface area contributed by atoms with Gasteiger partial charge < -0.3 is 10.2 Å². The highest BCUT2D eigenvalue weighted by Gasteiger charge is 2.51. The molecule has 1 saturated carbocycles. The predicted molar refractivity (Wildman–Crippen MR) is 89.8 cm³/mol. The van der Waals surface area contributed by atoms with E-state index in [1.807, 2.05) is 6.07 Å². The Balaban J connectivity index is 2.14. The highest BCUT2D eigenvalue weighted by atomic mass is 16.1. The van der Waals surface area contributed by atoms with Crippen molar-refractivity contribution in [1.82, 2.24) is 0 Å². The third-order valence-corrected chi connectivity index (χ3v) is 6.18. The summed E-state index contributed by atoms with van der Waals surface area (Å²) in [7, 11) is 6.97. The number of likely N-dealkylation sites (N-methyl/N-ethyl adjacent to an activating group) is 1. The molecule has 3 rings (SSSR count). The minimum absolute atomic E-state index is 0.188. The SMILES string of the molecule is CC12CCCCC1[C@H]([N+](C)(C)C)Cc1ccc(C(N)=O)cc12. The molecule has 0 aliphatic heterocycles. The fourth-order valence-corrected chi connectivity index (χ4v) is 4.93. The zero-order chi connectivity index (χ0) is 16.1. The number of nitrogens with zero attached hydrogens (tertiary/aromatic N) is 1. The number of hydrogen-bond donors (Lipinski definition) is 1. The molecule has 0 aromatic heterocycles. The maximum atomic E-state index is 11.6. The molecule has 22 heavy (non-hydrogen) atoms. The van der Waals surface area contributed by atoms with Crippen molar-refractivity contribution in [3.05, 3.63) is 34.9 Å². The summed E-state index contributed by atoms with van der Waals surface area (Å²) in [5.41, 5.74) is 9.17. The predicted octanol–water partition coefficient (Wildman–Crippen LogP) is 2.86. The molecule has 2 N–H and O–H groups in total. The van der Waals surface area contributed by atoms with Crippen LogP contribution in [0.2, 0.25) is 0 Å². The fourth-order valence-electron chi connectivity index (χ4n) is 4.93. The Hall–Kier alpha value is -1.35. The summed E-state index contributed by atoms with van der Waals surface area (Å²) in [5, 5.41) is 0. The Morgan fingerprint density at radius 2 is 2.00 bits per heavy atom. The molecule has 0 saturated heterocycles. The minimum atomic E-state index is -0.313. The molecular formula is C19H29N2O+. The molecule has 2 aliphatic rings. The number of amides is 1. The molecule has 2 aliphatic carbocycles. The van der Waals surface area contributed by atoms with E-state index in [0.29, 0.717) is 17.5 Å². The number of fused-ring (bicyclic) bond motifs is 3. The molecule has 2 unspecified atom stereocenters. The topological polar surface area (TPSA) is 43.1 Å². The average molecular weight is 301 g/mol. The van der Waals surface area contributed by atoms with Gasteiger partial charge in [0.2, 0.25) is 5.91 Å². The quantitative estimate of drug-likeness (QED) is 0.839. The van der Waals surface area contributed by atoms with Crippen molar-refractivity contribution in [2.24, 2.45) is 11.7 Å². The molecule has 3 atom stereocenters. The first kappa shape index (κ1) is 15.5. The molecule has 120 valence electrons. The third-order valence-electron chi connectivity index (χ3n) is 6.18. The molecule has 3 nitrogen and oxygen atoms in total. The number of carbonyl (C=O) groups excluding carboxylic acids is 1. The highest BCUT2D eigenvalue weighted by Crippen LogP contribution is 2.51. The lowest BCUT2D eigenvalue weighted by Gasteiger charge is -2.53. The van der Waals surface area contributed by atoms with Gasteiger partial charge in [-0.3, -0.25) is 4.79 Å². The number of benzene rings is 1. The number of primary amides is 1. The fraction of sp³-hybridized carbons (Fsp3) is 0.632. The number of carbonyl (C=O) groups is 1. The number of quaternary nitrogens is 1. The zero-order valence-electron chi connectivity index (χ0n) is 14.4. The Morgan fingerprint density at radius 1 is 1.27 bits per heavy atom. The molecule has 1 amide bonds. The van der Waals surface area contributed by atoms with Gasteiger partial charge in [0, 0.05) is 23.3 Å². The molecule has 1 aromatic rings. The summed E-state index contributed by atoms with van der Waals surface area (Å²) >= 11 is 0. The highest BCUT2D eigenvalue weighted by molar-refractivity contribution is 5.93. The minimum Gasteiger partial charge on any atom is -0.366 e. The van der Waals surface area contributed by atoms with E-state index in [4.69, 9.17) is 5.73 Å². The van der Waals surface area contributed by atoms with Crippen molar-refractivity contribution >= 4 is 5.91 Å². The summed E-state index contributed by atoms with van der Waals surface area (Å²) in [6.45, 7) is 2.42. The van der Waals surface area contributed by atoms with Gasteiger partial charge in [-0.1, -0.05) is 25.8 Å². The second kappa shape index (κ2) is 5.09. The monoisotopic (exact) mass is 301 g/mol. The van der Waals surface area contributed by atoms with Crippen LogP contribution in [0, 0.1) is 5.92 Å². The van der Waals surface area contributed by atoms with Crippen LogP contribution in [0.4, 0.5) is 0 Å². The Labute approximate surface area is 134 Å². The normalized spacial score (nSPS) is 31.3. The second-order valence-corrected chi connectivity index (χ2v) is 8.39. The van der Waals surface area contributed by atoms with Crippen LogP contribution >= 0.6 is 0 Å². The summed E-state index contributed by atoms with van der Waals surface area (Å²) in [4.78, 5) is 11.6. The molecular weight excluding hydrogens is 272 g/mol.